The van der Waals surface area contributed by atoms with Crippen LogP contribution in [0.3, 0.4) is 0 Å². The Labute approximate surface area is 136 Å². The van der Waals surface area contributed by atoms with Gasteiger partial charge in [-0.25, -0.2) is 9.67 Å². The van der Waals surface area contributed by atoms with Gasteiger partial charge in [0.05, 0.1) is 4.88 Å². The summed E-state index contributed by atoms with van der Waals surface area (Å²) in [5, 5.41) is 8.88. The van der Waals surface area contributed by atoms with Crippen LogP contribution in [0.15, 0.2) is 52.8 Å². The lowest BCUT2D eigenvalue weighted by Crippen LogP contribution is -2.29. The largest absolute Gasteiger partial charge is 0.309 e. The highest BCUT2D eigenvalue weighted by atomic mass is 32.1. The maximum atomic E-state index is 12.1. The number of anilines is 1. The fraction of sp³-hybridized carbons (Fsp3) is 0.125. The van der Waals surface area contributed by atoms with E-state index in [2.05, 4.69) is 15.4 Å². The van der Waals surface area contributed by atoms with Crippen LogP contribution in [0.4, 0.5) is 5.82 Å². The first-order valence-electron chi connectivity index (χ1n) is 6.97. The molecule has 0 aliphatic rings. The minimum Gasteiger partial charge on any atom is -0.309 e. The first kappa shape index (κ1) is 15.1. The second-order valence-electron chi connectivity index (χ2n) is 4.91. The second-order valence-corrected chi connectivity index (χ2v) is 5.86. The van der Waals surface area contributed by atoms with Gasteiger partial charge < -0.3 is 5.32 Å². The van der Waals surface area contributed by atoms with Crippen molar-refractivity contribution in [3.8, 4) is 10.6 Å². The van der Waals surface area contributed by atoms with Crippen molar-refractivity contribution in [1.82, 2.24) is 14.8 Å². The van der Waals surface area contributed by atoms with Crippen LogP contribution in [0.2, 0.25) is 0 Å². The maximum Gasteiger partial charge on any atom is 0.267 e. The number of carbonyl (C=O) groups is 1. The number of hydrogen-bond acceptors (Lipinski definition) is 5. The summed E-state index contributed by atoms with van der Waals surface area (Å²) in [6, 6.07) is 10.5. The van der Waals surface area contributed by atoms with Crippen molar-refractivity contribution in [3.05, 3.63) is 63.9 Å². The van der Waals surface area contributed by atoms with E-state index in [0.717, 1.165) is 15.1 Å². The molecule has 3 rings (SSSR count). The van der Waals surface area contributed by atoms with Gasteiger partial charge in [0.1, 0.15) is 18.1 Å². The molecule has 0 aliphatic heterocycles. The highest BCUT2D eigenvalue weighted by Gasteiger charge is 2.10. The number of carbonyl (C=O) groups excluding carboxylic acids is 1. The SMILES string of the molecule is Cc1cccnc1NC(=O)Cn1nc(-c2cccs2)ccc1=O. The molecule has 6 nitrogen and oxygen atoms in total. The van der Waals surface area contributed by atoms with Gasteiger partial charge in [-0.05, 0) is 36.1 Å². The molecule has 0 radical (unpaired) electrons. The standard InChI is InChI=1S/C16H14N4O2S/c1-11-4-2-8-17-16(11)18-14(21)10-20-15(22)7-6-12(19-20)13-5-3-9-23-13/h2-9H,10H2,1H3,(H,17,18,21). The highest BCUT2D eigenvalue weighted by Crippen LogP contribution is 2.21. The predicted octanol–water partition coefficient (Wildman–Crippen LogP) is 2.31. The van der Waals surface area contributed by atoms with Gasteiger partial charge in [0.2, 0.25) is 5.91 Å². The van der Waals surface area contributed by atoms with E-state index in [4.69, 9.17) is 0 Å². The fourth-order valence-corrected chi connectivity index (χ4v) is 2.73. The van der Waals surface area contributed by atoms with Crippen molar-refractivity contribution in [2.75, 3.05) is 5.32 Å². The summed E-state index contributed by atoms with van der Waals surface area (Å²) in [5.74, 6) is 0.143. The Bertz CT molecular complexity index is 887. The van der Waals surface area contributed by atoms with Crippen molar-refractivity contribution >= 4 is 23.1 Å². The smallest absolute Gasteiger partial charge is 0.267 e. The minimum absolute atomic E-state index is 0.159. The van der Waals surface area contributed by atoms with Crippen molar-refractivity contribution in [2.24, 2.45) is 0 Å². The Morgan fingerprint density at radius 1 is 1.26 bits per heavy atom. The van der Waals surface area contributed by atoms with Crippen LogP contribution in [-0.4, -0.2) is 20.7 Å². The van der Waals surface area contributed by atoms with Crippen LogP contribution in [0.1, 0.15) is 5.56 Å². The van der Waals surface area contributed by atoms with Gasteiger partial charge in [0.15, 0.2) is 0 Å². The topological polar surface area (TPSA) is 76.9 Å². The molecular weight excluding hydrogens is 312 g/mol. The molecule has 3 heterocycles. The second kappa shape index (κ2) is 6.53. The first-order valence-corrected chi connectivity index (χ1v) is 7.85. The minimum atomic E-state index is -0.343. The Morgan fingerprint density at radius 2 is 2.13 bits per heavy atom. The molecule has 3 aromatic heterocycles. The molecule has 0 aliphatic carbocycles. The molecule has 0 unspecified atom stereocenters. The average molecular weight is 326 g/mol. The molecule has 1 N–H and O–H groups in total. The molecule has 0 atom stereocenters. The molecule has 1 amide bonds. The summed E-state index contributed by atoms with van der Waals surface area (Å²) < 4.78 is 1.16. The van der Waals surface area contributed by atoms with E-state index >= 15 is 0 Å². The number of rotatable bonds is 4. The number of pyridine rings is 1. The summed E-state index contributed by atoms with van der Waals surface area (Å²) in [7, 11) is 0. The lowest BCUT2D eigenvalue weighted by Gasteiger charge is -2.08. The number of nitrogens with one attached hydrogen (secondary N) is 1. The van der Waals surface area contributed by atoms with Gasteiger partial charge in [0.25, 0.3) is 5.56 Å². The van der Waals surface area contributed by atoms with E-state index in [1.54, 1.807) is 18.3 Å². The monoisotopic (exact) mass is 326 g/mol. The molecule has 0 spiro atoms. The number of thiophene rings is 1. The molecule has 0 aromatic carbocycles. The van der Waals surface area contributed by atoms with Gasteiger partial charge in [0, 0.05) is 12.3 Å². The third kappa shape index (κ3) is 3.51. The molecule has 7 heteroatoms. The van der Waals surface area contributed by atoms with Crippen LogP contribution in [0.5, 0.6) is 0 Å². The van der Waals surface area contributed by atoms with Crippen molar-refractivity contribution in [2.45, 2.75) is 13.5 Å². The average Bonchev–Trinajstić information content (AvgIpc) is 3.06. The molecule has 0 fully saturated rings. The van der Waals surface area contributed by atoms with E-state index in [0.29, 0.717) is 11.5 Å². The zero-order chi connectivity index (χ0) is 16.2. The van der Waals surface area contributed by atoms with E-state index in [-0.39, 0.29) is 18.0 Å². The molecule has 23 heavy (non-hydrogen) atoms. The Balaban J connectivity index is 1.80. The number of amides is 1. The third-order valence-corrected chi connectivity index (χ3v) is 4.09. The normalized spacial score (nSPS) is 10.5. The Morgan fingerprint density at radius 3 is 2.87 bits per heavy atom. The summed E-state index contributed by atoms with van der Waals surface area (Å²) in [6.45, 7) is 1.69. The molecule has 116 valence electrons. The highest BCUT2D eigenvalue weighted by molar-refractivity contribution is 7.13. The first-order chi connectivity index (χ1) is 11.1. The Hall–Kier alpha value is -2.80. The summed E-state index contributed by atoms with van der Waals surface area (Å²) >= 11 is 1.53. The van der Waals surface area contributed by atoms with E-state index in [9.17, 15) is 9.59 Å². The molecular formula is C16H14N4O2S. The molecule has 0 saturated carbocycles. The lowest BCUT2D eigenvalue weighted by molar-refractivity contribution is -0.117. The molecule has 3 aromatic rings. The van der Waals surface area contributed by atoms with E-state index in [1.807, 2.05) is 30.5 Å². The number of aromatic nitrogens is 3. The zero-order valence-corrected chi connectivity index (χ0v) is 13.2. The predicted molar refractivity (Wildman–Crippen MR) is 89.4 cm³/mol. The van der Waals surface area contributed by atoms with Crippen LogP contribution in [-0.2, 0) is 11.3 Å². The van der Waals surface area contributed by atoms with Crippen LogP contribution >= 0.6 is 11.3 Å². The van der Waals surface area contributed by atoms with Crippen molar-refractivity contribution in [1.29, 1.82) is 0 Å². The number of nitrogens with zero attached hydrogens (tertiary/aromatic N) is 3. The van der Waals surface area contributed by atoms with Gasteiger partial charge in [-0.2, -0.15) is 5.10 Å². The van der Waals surface area contributed by atoms with Crippen molar-refractivity contribution < 1.29 is 4.79 Å². The van der Waals surface area contributed by atoms with Gasteiger partial charge in [-0.1, -0.05) is 12.1 Å². The Kier molecular flexibility index (Phi) is 4.29. The number of hydrogen-bond donors (Lipinski definition) is 1. The summed E-state index contributed by atoms with van der Waals surface area (Å²) in [6.07, 6.45) is 1.60. The lowest BCUT2D eigenvalue weighted by atomic mass is 10.3. The van der Waals surface area contributed by atoms with Crippen molar-refractivity contribution in [3.63, 3.8) is 0 Å². The van der Waals surface area contributed by atoms with E-state index in [1.165, 1.54) is 17.4 Å². The fourth-order valence-electron chi connectivity index (χ4n) is 2.04. The summed E-state index contributed by atoms with van der Waals surface area (Å²) in [5.41, 5.74) is 1.20. The van der Waals surface area contributed by atoms with Crippen LogP contribution < -0.4 is 10.9 Å². The zero-order valence-electron chi connectivity index (χ0n) is 12.4. The number of aryl methyl sites for hydroxylation is 1. The summed E-state index contributed by atoms with van der Waals surface area (Å²) in [4.78, 5) is 29.1. The maximum absolute atomic E-state index is 12.1. The van der Waals surface area contributed by atoms with Gasteiger partial charge in [-0.3, -0.25) is 9.59 Å². The van der Waals surface area contributed by atoms with Gasteiger partial charge in [-0.15, -0.1) is 11.3 Å². The van der Waals surface area contributed by atoms with Gasteiger partial charge >= 0.3 is 0 Å². The van der Waals surface area contributed by atoms with E-state index < -0.39 is 0 Å². The van der Waals surface area contributed by atoms with Crippen LogP contribution in [0, 0.1) is 6.92 Å². The third-order valence-electron chi connectivity index (χ3n) is 3.20. The van der Waals surface area contributed by atoms with Crippen LogP contribution in [0.25, 0.3) is 10.6 Å². The quantitative estimate of drug-likeness (QED) is 0.798. The molecule has 0 bridgehead atoms. The molecule has 0 saturated heterocycles.